The molecule has 0 aliphatic carbocycles. The van der Waals surface area contributed by atoms with Gasteiger partial charge < -0.3 is 0 Å². The fraction of sp³-hybridized carbons (Fsp3) is 0. The molecule has 0 radical (unpaired) electrons. The molecular weight excluding hydrogens is 158 g/mol. The summed E-state index contributed by atoms with van der Waals surface area (Å²) >= 11 is 0. The van der Waals surface area contributed by atoms with Crippen molar-refractivity contribution in [3.05, 3.63) is 35.9 Å². The zero-order valence-electron chi connectivity index (χ0n) is 6.07. The maximum atomic E-state index is 13.3. The summed E-state index contributed by atoms with van der Waals surface area (Å²) in [5, 5.41) is 1.65. The Morgan fingerprint density at radius 1 is 0.583 bits per heavy atom. The van der Waals surface area contributed by atoms with Crippen LogP contribution in [0.3, 0.4) is 0 Å². The standard InChI is InChI=1S/C10H4F2/c11-9-5-1-2-6(5)10(12)8-4-3-7(8)9/h1-4H. The molecule has 0 fully saturated rings. The van der Waals surface area contributed by atoms with Gasteiger partial charge in [-0.15, -0.1) is 0 Å². The molecule has 0 N–H and O–H groups in total. The number of benzene rings is 1. The summed E-state index contributed by atoms with van der Waals surface area (Å²) in [6, 6.07) is 6.39. The van der Waals surface area contributed by atoms with E-state index >= 15 is 0 Å². The van der Waals surface area contributed by atoms with Crippen LogP contribution in [-0.2, 0) is 0 Å². The summed E-state index contributed by atoms with van der Waals surface area (Å²) in [6.07, 6.45) is 0. The molecule has 58 valence electrons. The van der Waals surface area contributed by atoms with Crippen LogP contribution in [0.4, 0.5) is 8.78 Å². The Bertz CT molecular complexity index is 446. The quantitative estimate of drug-likeness (QED) is 0.476. The van der Waals surface area contributed by atoms with E-state index in [0.29, 0.717) is 21.5 Å². The third-order valence-corrected chi connectivity index (χ3v) is 2.36. The molecule has 0 bridgehead atoms. The Kier molecular flexibility index (Phi) is 0.845. The van der Waals surface area contributed by atoms with Crippen LogP contribution >= 0.6 is 0 Å². The molecule has 0 atom stereocenters. The van der Waals surface area contributed by atoms with E-state index in [0.717, 1.165) is 0 Å². The van der Waals surface area contributed by atoms with Gasteiger partial charge in [0.2, 0.25) is 0 Å². The second-order valence-corrected chi connectivity index (χ2v) is 2.95. The highest BCUT2D eigenvalue weighted by Crippen LogP contribution is 2.34. The van der Waals surface area contributed by atoms with E-state index in [1.54, 1.807) is 24.3 Å². The van der Waals surface area contributed by atoms with Crippen LogP contribution < -0.4 is 0 Å². The van der Waals surface area contributed by atoms with E-state index < -0.39 is 0 Å². The molecule has 0 aliphatic heterocycles. The second-order valence-electron chi connectivity index (χ2n) is 2.95. The fourth-order valence-electron chi connectivity index (χ4n) is 1.56. The highest BCUT2D eigenvalue weighted by Gasteiger charge is 2.16. The number of rotatable bonds is 0. The topological polar surface area (TPSA) is 0 Å². The molecule has 0 spiro atoms. The van der Waals surface area contributed by atoms with Gasteiger partial charge in [0, 0.05) is 21.5 Å². The van der Waals surface area contributed by atoms with Crippen molar-refractivity contribution in [3.63, 3.8) is 0 Å². The number of fused-ring (bicyclic) bond motifs is 2. The van der Waals surface area contributed by atoms with Gasteiger partial charge in [0.1, 0.15) is 11.6 Å². The first-order valence-electron chi connectivity index (χ1n) is 3.70. The molecular formula is C10H4F2. The van der Waals surface area contributed by atoms with Crippen molar-refractivity contribution < 1.29 is 8.78 Å². The van der Waals surface area contributed by atoms with Crippen LogP contribution in [0, 0.1) is 11.6 Å². The van der Waals surface area contributed by atoms with Crippen molar-refractivity contribution in [1.29, 1.82) is 0 Å². The van der Waals surface area contributed by atoms with Gasteiger partial charge in [0.15, 0.2) is 0 Å². The second kappa shape index (κ2) is 1.66. The van der Waals surface area contributed by atoms with Crippen LogP contribution in [0.1, 0.15) is 0 Å². The highest BCUT2D eigenvalue weighted by atomic mass is 19.1. The summed E-state index contributed by atoms with van der Waals surface area (Å²) in [5.74, 6) is -0.571. The molecule has 3 aromatic rings. The zero-order chi connectivity index (χ0) is 8.29. The Hall–Kier alpha value is -1.44. The van der Waals surface area contributed by atoms with Crippen molar-refractivity contribution in [2.75, 3.05) is 0 Å². The van der Waals surface area contributed by atoms with Crippen LogP contribution in [-0.4, -0.2) is 0 Å². The van der Waals surface area contributed by atoms with Crippen LogP contribution in [0.25, 0.3) is 21.5 Å². The lowest BCUT2D eigenvalue weighted by molar-refractivity contribution is 0.632. The Balaban J connectivity index is 2.64. The molecule has 12 heavy (non-hydrogen) atoms. The molecule has 0 nitrogen and oxygen atoms in total. The van der Waals surface area contributed by atoms with Gasteiger partial charge >= 0.3 is 0 Å². The van der Waals surface area contributed by atoms with E-state index in [9.17, 15) is 8.78 Å². The average molecular weight is 162 g/mol. The zero-order valence-corrected chi connectivity index (χ0v) is 6.07. The molecule has 0 aliphatic rings. The van der Waals surface area contributed by atoms with Gasteiger partial charge in [-0.2, -0.15) is 0 Å². The summed E-state index contributed by atoms with van der Waals surface area (Å²) in [6.45, 7) is 0. The van der Waals surface area contributed by atoms with Gasteiger partial charge in [-0.05, 0) is 0 Å². The SMILES string of the molecule is Fc1c2ccc2c(F)c2ccc12. The summed E-state index contributed by atoms with van der Waals surface area (Å²) < 4.78 is 26.5. The summed E-state index contributed by atoms with van der Waals surface area (Å²) in [5.41, 5.74) is 0. The third-order valence-electron chi connectivity index (χ3n) is 2.36. The fourth-order valence-corrected chi connectivity index (χ4v) is 1.56. The third kappa shape index (κ3) is 0.461. The molecule has 3 aromatic carbocycles. The monoisotopic (exact) mass is 162 g/mol. The van der Waals surface area contributed by atoms with E-state index in [1.165, 1.54) is 0 Å². The average Bonchev–Trinajstić information content (AvgIpc) is 1.78. The molecule has 0 amide bonds. The molecule has 0 heterocycles. The summed E-state index contributed by atoms with van der Waals surface area (Å²) in [7, 11) is 0. The smallest absolute Gasteiger partial charge is 0.139 e. The predicted molar refractivity (Wildman–Crippen MR) is 43.7 cm³/mol. The normalized spacial score (nSPS) is 12.2. The van der Waals surface area contributed by atoms with Crippen LogP contribution in [0.15, 0.2) is 24.3 Å². The van der Waals surface area contributed by atoms with E-state index in [4.69, 9.17) is 0 Å². The van der Waals surface area contributed by atoms with Gasteiger partial charge in [-0.1, -0.05) is 24.3 Å². The maximum absolute atomic E-state index is 13.3. The Labute approximate surface area is 67.1 Å². The van der Waals surface area contributed by atoms with Crippen LogP contribution in [0.5, 0.6) is 0 Å². The number of hydrogen-bond donors (Lipinski definition) is 0. The number of hydrogen-bond acceptors (Lipinski definition) is 0. The first-order chi connectivity index (χ1) is 5.79. The molecule has 3 rings (SSSR count). The first kappa shape index (κ1) is 6.12. The highest BCUT2D eigenvalue weighted by molar-refractivity contribution is 6.04. The van der Waals surface area contributed by atoms with Crippen molar-refractivity contribution in [3.8, 4) is 0 Å². The van der Waals surface area contributed by atoms with Gasteiger partial charge in [-0.25, -0.2) is 8.78 Å². The van der Waals surface area contributed by atoms with Gasteiger partial charge in [0.25, 0.3) is 0 Å². The largest absolute Gasteiger partial charge is 0.206 e. The Morgan fingerprint density at radius 3 is 1.00 bits per heavy atom. The molecule has 0 aromatic heterocycles. The minimum absolute atomic E-state index is 0.286. The Morgan fingerprint density at radius 2 is 0.833 bits per heavy atom. The van der Waals surface area contributed by atoms with E-state index in [1.807, 2.05) is 0 Å². The lowest BCUT2D eigenvalue weighted by atomic mass is 9.97. The number of halogens is 2. The van der Waals surface area contributed by atoms with E-state index in [-0.39, 0.29) is 11.6 Å². The summed E-state index contributed by atoms with van der Waals surface area (Å²) in [4.78, 5) is 0. The van der Waals surface area contributed by atoms with Crippen molar-refractivity contribution in [2.24, 2.45) is 0 Å². The van der Waals surface area contributed by atoms with Crippen molar-refractivity contribution in [1.82, 2.24) is 0 Å². The molecule has 0 saturated heterocycles. The first-order valence-corrected chi connectivity index (χ1v) is 3.70. The van der Waals surface area contributed by atoms with Gasteiger partial charge in [-0.3, -0.25) is 0 Å². The maximum Gasteiger partial charge on any atom is 0.139 e. The van der Waals surface area contributed by atoms with Crippen LogP contribution in [0.2, 0.25) is 0 Å². The molecule has 2 heteroatoms. The lowest BCUT2D eigenvalue weighted by Gasteiger charge is -2.11. The molecule has 0 saturated carbocycles. The van der Waals surface area contributed by atoms with Gasteiger partial charge in [0.05, 0.1) is 0 Å². The van der Waals surface area contributed by atoms with E-state index in [2.05, 4.69) is 0 Å². The van der Waals surface area contributed by atoms with Crippen molar-refractivity contribution >= 4 is 21.5 Å². The minimum atomic E-state index is -0.286. The predicted octanol–water partition coefficient (Wildman–Crippen LogP) is 3.15. The molecule has 0 unspecified atom stereocenters. The van der Waals surface area contributed by atoms with Crippen molar-refractivity contribution in [2.45, 2.75) is 0 Å². The lowest BCUT2D eigenvalue weighted by Crippen LogP contribution is -1.93. The minimum Gasteiger partial charge on any atom is -0.206 e.